The number of nitrogens with one attached hydrogen (secondary N) is 2. The van der Waals surface area contributed by atoms with Gasteiger partial charge in [0.05, 0.1) is 23.0 Å². The van der Waals surface area contributed by atoms with Crippen LogP contribution in [0, 0.1) is 0 Å². The number of halogens is 4. The highest BCUT2D eigenvalue weighted by molar-refractivity contribution is 9.10. The number of amides is 1. The van der Waals surface area contributed by atoms with Crippen molar-refractivity contribution in [2.45, 2.75) is 6.18 Å². The van der Waals surface area contributed by atoms with Crippen LogP contribution in [0.2, 0.25) is 0 Å². The summed E-state index contributed by atoms with van der Waals surface area (Å²) in [7, 11) is 0. The zero-order chi connectivity index (χ0) is 14.9. The van der Waals surface area contributed by atoms with Gasteiger partial charge >= 0.3 is 6.18 Å². The van der Waals surface area contributed by atoms with Crippen molar-refractivity contribution in [2.75, 3.05) is 11.1 Å². The summed E-state index contributed by atoms with van der Waals surface area (Å²) in [5, 5.41) is 8.18. The molecule has 0 atom stereocenters. The van der Waals surface area contributed by atoms with Gasteiger partial charge in [-0.2, -0.15) is 18.3 Å². The van der Waals surface area contributed by atoms with Crippen molar-refractivity contribution in [1.29, 1.82) is 0 Å². The number of hydrogen-bond donors (Lipinski definition) is 3. The molecule has 1 amide bonds. The molecule has 0 unspecified atom stereocenters. The number of anilines is 2. The number of nitrogens with two attached hydrogens (primary N) is 1. The number of rotatable bonds is 2. The van der Waals surface area contributed by atoms with E-state index >= 15 is 0 Å². The summed E-state index contributed by atoms with van der Waals surface area (Å²) < 4.78 is 38.9. The highest BCUT2D eigenvalue weighted by Gasteiger charge is 2.35. The largest absolute Gasteiger partial charge is 0.417 e. The van der Waals surface area contributed by atoms with E-state index in [-0.39, 0.29) is 16.0 Å². The van der Waals surface area contributed by atoms with Crippen molar-refractivity contribution >= 4 is 33.3 Å². The molecule has 4 N–H and O–H groups in total. The van der Waals surface area contributed by atoms with Crippen molar-refractivity contribution in [1.82, 2.24) is 10.2 Å². The predicted molar refractivity (Wildman–Crippen MR) is 70.1 cm³/mol. The molecule has 0 radical (unpaired) electrons. The van der Waals surface area contributed by atoms with Crippen molar-refractivity contribution in [2.24, 2.45) is 0 Å². The van der Waals surface area contributed by atoms with E-state index in [0.717, 1.165) is 12.1 Å². The zero-order valence-corrected chi connectivity index (χ0v) is 11.3. The second-order valence-electron chi connectivity index (χ2n) is 3.84. The Morgan fingerprint density at radius 2 is 2.10 bits per heavy atom. The van der Waals surface area contributed by atoms with E-state index in [0.29, 0.717) is 0 Å². The summed E-state index contributed by atoms with van der Waals surface area (Å²) >= 11 is 2.94. The van der Waals surface area contributed by atoms with Gasteiger partial charge in [-0.3, -0.25) is 9.89 Å². The summed E-state index contributed by atoms with van der Waals surface area (Å²) in [6.45, 7) is 0. The molecular formula is C11H8BrF3N4O. The third-order valence-corrected chi connectivity index (χ3v) is 2.93. The van der Waals surface area contributed by atoms with Gasteiger partial charge in [0.15, 0.2) is 5.82 Å². The summed E-state index contributed by atoms with van der Waals surface area (Å²) in [6.07, 6.45) is -3.40. The van der Waals surface area contributed by atoms with Crippen molar-refractivity contribution in [3.8, 4) is 0 Å². The minimum Gasteiger partial charge on any atom is -0.394 e. The Balaban J connectivity index is 2.37. The number of H-pyrrole nitrogens is 1. The summed E-state index contributed by atoms with van der Waals surface area (Å²) in [6, 6.07) is 3.26. The lowest BCUT2D eigenvalue weighted by Crippen LogP contribution is -2.19. The Labute approximate surface area is 119 Å². The molecule has 9 heteroatoms. The van der Waals surface area contributed by atoms with Crippen LogP contribution in [0.3, 0.4) is 0 Å². The van der Waals surface area contributed by atoms with Gasteiger partial charge in [-0.1, -0.05) is 15.9 Å². The molecule has 2 rings (SSSR count). The van der Waals surface area contributed by atoms with Crippen LogP contribution in [0.25, 0.3) is 0 Å². The second-order valence-corrected chi connectivity index (χ2v) is 4.76. The lowest BCUT2D eigenvalue weighted by molar-refractivity contribution is -0.137. The predicted octanol–water partition coefficient (Wildman–Crippen LogP) is 3.03. The van der Waals surface area contributed by atoms with Crippen LogP contribution in [0.15, 0.2) is 28.9 Å². The molecule has 0 aliphatic rings. The monoisotopic (exact) mass is 348 g/mol. The molecule has 5 nitrogen and oxygen atoms in total. The van der Waals surface area contributed by atoms with E-state index in [1.165, 1.54) is 12.3 Å². The maximum absolute atomic E-state index is 12.9. The number of carbonyl (C=O) groups is 1. The number of nitrogen functional groups attached to an aromatic ring is 1. The van der Waals surface area contributed by atoms with Gasteiger partial charge in [-0.05, 0) is 18.2 Å². The first-order valence-corrected chi connectivity index (χ1v) is 6.05. The molecule has 1 aromatic carbocycles. The SMILES string of the molecule is Nc1cn[nH]c1NC(=O)c1ccc(Br)cc1C(F)(F)F. The highest BCUT2D eigenvalue weighted by atomic mass is 79.9. The Kier molecular flexibility index (Phi) is 3.71. The van der Waals surface area contributed by atoms with Gasteiger partial charge in [-0.15, -0.1) is 0 Å². The topological polar surface area (TPSA) is 83.8 Å². The minimum absolute atomic E-state index is 0.0473. The van der Waals surface area contributed by atoms with Crippen LogP contribution in [0.4, 0.5) is 24.7 Å². The molecule has 2 aromatic rings. The number of benzene rings is 1. The molecule has 1 aromatic heterocycles. The fraction of sp³-hybridized carbons (Fsp3) is 0.0909. The molecule has 0 aliphatic carbocycles. The fourth-order valence-corrected chi connectivity index (χ4v) is 1.89. The normalized spacial score (nSPS) is 11.4. The molecule has 1 heterocycles. The van der Waals surface area contributed by atoms with Gasteiger partial charge in [0.25, 0.3) is 5.91 Å². The number of carbonyl (C=O) groups excluding carboxylic acids is 1. The third kappa shape index (κ3) is 2.93. The maximum Gasteiger partial charge on any atom is 0.417 e. The molecular weight excluding hydrogens is 341 g/mol. The van der Waals surface area contributed by atoms with E-state index in [9.17, 15) is 18.0 Å². The lowest BCUT2D eigenvalue weighted by atomic mass is 10.1. The summed E-state index contributed by atoms with van der Waals surface area (Å²) in [5.41, 5.74) is 4.06. The van der Waals surface area contributed by atoms with Crippen LogP contribution >= 0.6 is 15.9 Å². The van der Waals surface area contributed by atoms with Crippen molar-refractivity contribution in [3.63, 3.8) is 0 Å². The van der Waals surface area contributed by atoms with Gasteiger partial charge in [0.2, 0.25) is 0 Å². The molecule has 106 valence electrons. The van der Waals surface area contributed by atoms with Crippen molar-refractivity contribution in [3.05, 3.63) is 40.0 Å². The second kappa shape index (κ2) is 5.16. The molecule has 0 spiro atoms. The Morgan fingerprint density at radius 1 is 1.40 bits per heavy atom. The molecule has 0 saturated heterocycles. The van der Waals surface area contributed by atoms with Crippen LogP contribution in [-0.2, 0) is 6.18 Å². The van der Waals surface area contributed by atoms with E-state index < -0.39 is 23.2 Å². The number of aromatic amines is 1. The lowest BCUT2D eigenvalue weighted by Gasteiger charge is -2.13. The number of aromatic nitrogens is 2. The number of hydrogen-bond acceptors (Lipinski definition) is 3. The quantitative estimate of drug-likeness (QED) is 0.779. The first-order valence-electron chi connectivity index (χ1n) is 5.26. The van der Waals surface area contributed by atoms with Crippen LogP contribution in [0.1, 0.15) is 15.9 Å². The molecule has 0 fully saturated rings. The van der Waals surface area contributed by atoms with Crippen molar-refractivity contribution < 1.29 is 18.0 Å². The average Bonchev–Trinajstić information content (AvgIpc) is 2.73. The molecule has 20 heavy (non-hydrogen) atoms. The van der Waals surface area contributed by atoms with E-state index in [1.54, 1.807) is 0 Å². The molecule has 0 bridgehead atoms. The molecule has 0 saturated carbocycles. The van der Waals surface area contributed by atoms with Crippen LogP contribution in [0.5, 0.6) is 0 Å². The summed E-state index contributed by atoms with van der Waals surface area (Å²) in [5.74, 6) is -0.883. The van der Waals surface area contributed by atoms with E-state index in [4.69, 9.17) is 5.73 Å². The average molecular weight is 349 g/mol. The minimum atomic E-state index is -4.64. The van der Waals surface area contributed by atoms with E-state index in [2.05, 4.69) is 31.4 Å². The highest BCUT2D eigenvalue weighted by Crippen LogP contribution is 2.34. The Bertz CT molecular complexity index is 653. The van der Waals surface area contributed by atoms with Crippen LogP contribution in [-0.4, -0.2) is 16.1 Å². The van der Waals surface area contributed by atoms with Gasteiger partial charge in [-0.25, -0.2) is 0 Å². The first-order chi connectivity index (χ1) is 9.29. The Morgan fingerprint density at radius 3 is 2.65 bits per heavy atom. The van der Waals surface area contributed by atoms with Crippen LogP contribution < -0.4 is 11.1 Å². The first kappa shape index (κ1) is 14.4. The van der Waals surface area contributed by atoms with Gasteiger partial charge in [0.1, 0.15) is 0 Å². The van der Waals surface area contributed by atoms with E-state index in [1.807, 2.05) is 0 Å². The van der Waals surface area contributed by atoms with Gasteiger partial charge in [0, 0.05) is 4.47 Å². The smallest absolute Gasteiger partial charge is 0.394 e. The number of alkyl halides is 3. The van der Waals surface area contributed by atoms with Gasteiger partial charge < -0.3 is 11.1 Å². The summed E-state index contributed by atoms with van der Waals surface area (Å²) in [4.78, 5) is 11.9. The Hall–Kier alpha value is -2.03. The maximum atomic E-state index is 12.9. The number of nitrogens with zero attached hydrogens (tertiary/aromatic N) is 1. The zero-order valence-electron chi connectivity index (χ0n) is 9.75. The third-order valence-electron chi connectivity index (χ3n) is 2.44. The molecule has 0 aliphatic heterocycles. The standard InChI is InChI=1S/C11H8BrF3N4O/c12-5-1-2-6(7(3-5)11(13,14)15)10(20)18-9-8(16)4-17-19-9/h1-4H,16H2,(H2,17,18,19,20). The fourth-order valence-electron chi connectivity index (χ4n) is 1.53.